The SMILES string of the molecule is C1CC(CCNCCC2CCOCC2)CCN1. The van der Waals surface area contributed by atoms with Crippen LogP contribution in [0.25, 0.3) is 0 Å². The molecule has 0 atom stereocenters. The van der Waals surface area contributed by atoms with Crippen LogP contribution >= 0.6 is 0 Å². The van der Waals surface area contributed by atoms with Gasteiger partial charge in [0.05, 0.1) is 0 Å². The average Bonchev–Trinajstić information content (AvgIpc) is 2.41. The Morgan fingerprint density at radius 3 is 2.12 bits per heavy atom. The highest BCUT2D eigenvalue weighted by molar-refractivity contribution is 4.70. The summed E-state index contributed by atoms with van der Waals surface area (Å²) < 4.78 is 5.38. The van der Waals surface area contributed by atoms with Gasteiger partial charge >= 0.3 is 0 Å². The fraction of sp³-hybridized carbons (Fsp3) is 1.00. The molecule has 2 rings (SSSR count). The van der Waals surface area contributed by atoms with Gasteiger partial charge in [-0.1, -0.05) is 0 Å². The molecular formula is C14H28N2O. The third kappa shape index (κ3) is 5.36. The molecule has 2 fully saturated rings. The van der Waals surface area contributed by atoms with Gasteiger partial charge < -0.3 is 15.4 Å². The molecule has 0 aromatic carbocycles. The van der Waals surface area contributed by atoms with Crippen LogP contribution in [0.5, 0.6) is 0 Å². The van der Waals surface area contributed by atoms with Crippen LogP contribution in [-0.2, 0) is 4.74 Å². The Hall–Kier alpha value is -0.120. The Kier molecular flexibility index (Phi) is 6.32. The molecule has 3 nitrogen and oxygen atoms in total. The molecule has 0 aromatic heterocycles. The largest absolute Gasteiger partial charge is 0.381 e. The Labute approximate surface area is 106 Å². The Morgan fingerprint density at radius 2 is 1.47 bits per heavy atom. The second-order valence-electron chi connectivity index (χ2n) is 5.58. The van der Waals surface area contributed by atoms with Gasteiger partial charge in [0.1, 0.15) is 0 Å². The van der Waals surface area contributed by atoms with Gasteiger partial charge in [-0.3, -0.25) is 0 Å². The van der Waals surface area contributed by atoms with E-state index in [0.29, 0.717) is 0 Å². The minimum atomic E-state index is 0.912. The molecule has 0 aliphatic carbocycles. The van der Waals surface area contributed by atoms with E-state index < -0.39 is 0 Å². The van der Waals surface area contributed by atoms with Gasteiger partial charge in [0.2, 0.25) is 0 Å². The highest BCUT2D eigenvalue weighted by Crippen LogP contribution is 2.18. The average molecular weight is 240 g/mol. The van der Waals surface area contributed by atoms with E-state index in [2.05, 4.69) is 10.6 Å². The summed E-state index contributed by atoms with van der Waals surface area (Å²) >= 11 is 0. The van der Waals surface area contributed by atoms with Crippen molar-refractivity contribution in [3.8, 4) is 0 Å². The molecule has 0 bridgehead atoms. The number of hydrogen-bond donors (Lipinski definition) is 2. The Morgan fingerprint density at radius 1 is 0.882 bits per heavy atom. The molecule has 17 heavy (non-hydrogen) atoms. The summed E-state index contributed by atoms with van der Waals surface area (Å²) in [5, 5.41) is 7.05. The number of piperidine rings is 1. The summed E-state index contributed by atoms with van der Waals surface area (Å²) in [5.41, 5.74) is 0. The molecule has 100 valence electrons. The summed E-state index contributed by atoms with van der Waals surface area (Å²) in [6.45, 7) is 6.85. The van der Waals surface area contributed by atoms with Gasteiger partial charge in [-0.2, -0.15) is 0 Å². The van der Waals surface area contributed by atoms with E-state index in [1.807, 2.05) is 0 Å². The third-order valence-corrected chi connectivity index (χ3v) is 4.26. The van der Waals surface area contributed by atoms with Crippen molar-refractivity contribution in [2.24, 2.45) is 11.8 Å². The standard InChI is InChI=1S/C14H28N2O/c1-7-15-8-2-13(1)3-9-16-10-4-14-5-11-17-12-6-14/h13-16H,1-12H2. The lowest BCUT2D eigenvalue weighted by Crippen LogP contribution is -2.30. The number of nitrogens with one attached hydrogen (secondary N) is 2. The minimum absolute atomic E-state index is 0.912. The molecule has 0 saturated carbocycles. The second kappa shape index (κ2) is 8.06. The van der Waals surface area contributed by atoms with Crippen molar-refractivity contribution >= 4 is 0 Å². The maximum Gasteiger partial charge on any atom is 0.0468 e. The molecule has 2 heterocycles. The van der Waals surface area contributed by atoms with E-state index in [4.69, 9.17) is 4.74 Å². The molecule has 0 aromatic rings. The van der Waals surface area contributed by atoms with Gasteiger partial charge in [0.25, 0.3) is 0 Å². The minimum Gasteiger partial charge on any atom is -0.381 e. The first-order chi connectivity index (χ1) is 8.45. The van der Waals surface area contributed by atoms with E-state index in [-0.39, 0.29) is 0 Å². The predicted octanol–water partition coefficient (Wildman–Crippen LogP) is 1.78. The zero-order valence-corrected chi connectivity index (χ0v) is 11.0. The number of hydrogen-bond acceptors (Lipinski definition) is 3. The van der Waals surface area contributed by atoms with E-state index >= 15 is 0 Å². The lowest BCUT2D eigenvalue weighted by molar-refractivity contribution is 0.0639. The summed E-state index contributed by atoms with van der Waals surface area (Å²) in [5.74, 6) is 1.88. The summed E-state index contributed by atoms with van der Waals surface area (Å²) in [6.07, 6.45) is 8.01. The second-order valence-corrected chi connectivity index (χ2v) is 5.58. The molecule has 3 heteroatoms. The zero-order chi connectivity index (χ0) is 11.8. The van der Waals surface area contributed by atoms with Crippen molar-refractivity contribution in [3.05, 3.63) is 0 Å². The molecule has 0 radical (unpaired) electrons. The lowest BCUT2D eigenvalue weighted by Gasteiger charge is -2.23. The molecule has 2 aliphatic heterocycles. The summed E-state index contributed by atoms with van der Waals surface area (Å²) in [6, 6.07) is 0. The number of rotatable bonds is 6. The maximum absolute atomic E-state index is 5.38. The predicted molar refractivity (Wildman–Crippen MR) is 71.2 cm³/mol. The van der Waals surface area contributed by atoms with Crippen molar-refractivity contribution < 1.29 is 4.74 Å². The normalized spacial score (nSPS) is 24.0. The van der Waals surface area contributed by atoms with Crippen molar-refractivity contribution in [2.75, 3.05) is 39.4 Å². The van der Waals surface area contributed by atoms with Crippen LogP contribution in [0.4, 0.5) is 0 Å². The van der Waals surface area contributed by atoms with Crippen LogP contribution in [0.2, 0.25) is 0 Å². The van der Waals surface area contributed by atoms with E-state index in [0.717, 1.165) is 25.0 Å². The van der Waals surface area contributed by atoms with Crippen LogP contribution < -0.4 is 10.6 Å². The van der Waals surface area contributed by atoms with Crippen LogP contribution in [0.1, 0.15) is 38.5 Å². The first-order valence-electron chi connectivity index (χ1n) is 7.44. The zero-order valence-electron chi connectivity index (χ0n) is 11.0. The lowest BCUT2D eigenvalue weighted by atomic mass is 9.94. The van der Waals surface area contributed by atoms with Gasteiger partial charge in [-0.05, 0) is 76.5 Å². The molecule has 2 saturated heterocycles. The van der Waals surface area contributed by atoms with Gasteiger partial charge in [0.15, 0.2) is 0 Å². The van der Waals surface area contributed by atoms with E-state index in [1.54, 1.807) is 0 Å². The van der Waals surface area contributed by atoms with Crippen molar-refractivity contribution in [1.29, 1.82) is 0 Å². The van der Waals surface area contributed by atoms with Crippen molar-refractivity contribution in [2.45, 2.75) is 38.5 Å². The van der Waals surface area contributed by atoms with E-state index in [1.165, 1.54) is 64.7 Å². The molecule has 0 spiro atoms. The van der Waals surface area contributed by atoms with Crippen LogP contribution in [0.15, 0.2) is 0 Å². The molecule has 2 N–H and O–H groups in total. The quantitative estimate of drug-likeness (QED) is 0.694. The monoisotopic (exact) mass is 240 g/mol. The number of ether oxygens (including phenoxy) is 1. The first kappa shape index (κ1) is 13.3. The Balaban J connectivity index is 1.42. The van der Waals surface area contributed by atoms with Gasteiger partial charge in [-0.25, -0.2) is 0 Å². The molecular weight excluding hydrogens is 212 g/mol. The third-order valence-electron chi connectivity index (χ3n) is 4.26. The fourth-order valence-electron chi connectivity index (χ4n) is 2.94. The fourth-order valence-corrected chi connectivity index (χ4v) is 2.94. The molecule has 0 unspecified atom stereocenters. The Bertz CT molecular complexity index is 167. The molecule has 0 amide bonds. The van der Waals surface area contributed by atoms with Gasteiger partial charge in [0, 0.05) is 13.2 Å². The van der Waals surface area contributed by atoms with Gasteiger partial charge in [-0.15, -0.1) is 0 Å². The van der Waals surface area contributed by atoms with Crippen molar-refractivity contribution in [1.82, 2.24) is 10.6 Å². The van der Waals surface area contributed by atoms with Crippen molar-refractivity contribution in [3.63, 3.8) is 0 Å². The highest BCUT2D eigenvalue weighted by atomic mass is 16.5. The summed E-state index contributed by atoms with van der Waals surface area (Å²) in [4.78, 5) is 0. The highest BCUT2D eigenvalue weighted by Gasteiger charge is 2.14. The van der Waals surface area contributed by atoms with Crippen LogP contribution in [0.3, 0.4) is 0 Å². The summed E-state index contributed by atoms with van der Waals surface area (Å²) in [7, 11) is 0. The topological polar surface area (TPSA) is 33.3 Å². The first-order valence-corrected chi connectivity index (χ1v) is 7.44. The van der Waals surface area contributed by atoms with Crippen LogP contribution in [-0.4, -0.2) is 39.4 Å². The van der Waals surface area contributed by atoms with Crippen LogP contribution in [0, 0.1) is 11.8 Å². The molecule has 2 aliphatic rings. The maximum atomic E-state index is 5.38. The smallest absolute Gasteiger partial charge is 0.0468 e. The van der Waals surface area contributed by atoms with E-state index in [9.17, 15) is 0 Å².